The van der Waals surface area contributed by atoms with Gasteiger partial charge in [0.1, 0.15) is 18.2 Å². The normalized spacial score (nSPS) is 19.3. The number of hydrogen-bond donors (Lipinski definition) is 1. The molecule has 0 spiro atoms. The van der Waals surface area contributed by atoms with Crippen molar-refractivity contribution < 1.29 is 18.3 Å². The molecule has 1 N–H and O–H groups in total. The van der Waals surface area contributed by atoms with E-state index in [2.05, 4.69) is 20.0 Å². The number of hydrogen-bond acceptors (Lipinski definition) is 5. The second kappa shape index (κ2) is 8.03. The van der Waals surface area contributed by atoms with Crippen molar-refractivity contribution in [3.8, 4) is 17.1 Å². The van der Waals surface area contributed by atoms with Crippen LogP contribution in [0.5, 0.6) is 5.88 Å². The minimum Gasteiger partial charge on any atom is -0.473 e. The Morgan fingerprint density at radius 2 is 2.12 bits per heavy atom. The van der Waals surface area contributed by atoms with Crippen LogP contribution in [0, 0.1) is 5.92 Å². The molecule has 1 aromatic carbocycles. The Labute approximate surface area is 193 Å². The Kier molecular flexibility index (Phi) is 4.96. The Morgan fingerprint density at radius 3 is 2.85 bits per heavy atom. The van der Waals surface area contributed by atoms with Crippen LogP contribution in [0.2, 0.25) is 0 Å². The predicted molar refractivity (Wildman–Crippen MR) is 122 cm³/mol. The van der Waals surface area contributed by atoms with E-state index in [9.17, 15) is 13.6 Å². The van der Waals surface area contributed by atoms with E-state index >= 15 is 0 Å². The van der Waals surface area contributed by atoms with Gasteiger partial charge in [0.2, 0.25) is 11.8 Å². The standard InChI is InChI=1S/C24H24F2N6O2/c1-13(15-7-22(33)27-9-15)34-24-23-19(28-12-31(23)17-3-4-17)8-18(30-24)14-2-5-20-16(6-14)10-29-32(20)11-21(25)26/h2,5-6,8,10,12-13,15,17,21H,3-4,7,9,11H2,1H3,(H,27,33). The van der Waals surface area contributed by atoms with Crippen molar-refractivity contribution in [3.63, 3.8) is 0 Å². The first-order chi connectivity index (χ1) is 16.5. The van der Waals surface area contributed by atoms with Gasteiger partial charge in [0.25, 0.3) is 6.43 Å². The first-order valence-electron chi connectivity index (χ1n) is 11.5. The SMILES string of the molecule is CC(Oc1nc(-c2ccc3c(cnn3CC(F)F)c2)cc2ncn(C3CC3)c12)C1CNC(=O)C1. The molecule has 176 valence electrons. The number of amides is 1. The van der Waals surface area contributed by atoms with E-state index in [1.165, 1.54) is 4.68 Å². The highest BCUT2D eigenvalue weighted by atomic mass is 19.3. The first kappa shape index (κ1) is 21.0. The van der Waals surface area contributed by atoms with Crippen LogP contribution in [0.3, 0.4) is 0 Å². The molecule has 1 saturated carbocycles. The maximum Gasteiger partial charge on any atom is 0.257 e. The number of aromatic nitrogens is 5. The van der Waals surface area contributed by atoms with E-state index < -0.39 is 13.0 Å². The monoisotopic (exact) mass is 466 g/mol. The molecule has 10 heteroatoms. The molecule has 2 fully saturated rings. The van der Waals surface area contributed by atoms with E-state index in [0.29, 0.717) is 36.1 Å². The average Bonchev–Trinajstić information content (AvgIpc) is 3.22. The molecule has 0 radical (unpaired) electrons. The molecule has 1 aliphatic heterocycles. The molecular weight excluding hydrogens is 442 g/mol. The molecule has 4 aromatic rings. The number of benzene rings is 1. The quantitative estimate of drug-likeness (QED) is 0.446. The van der Waals surface area contributed by atoms with Crippen molar-refractivity contribution in [2.24, 2.45) is 5.92 Å². The van der Waals surface area contributed by atoms with Crippen molar-refractivity contribution >= 4 is 27.8 Å². The molecule has 1 saturated heterocycles. The molecule has 2 aliphatic rings. The number of imidazole rings is 1. The highest BCUT2D eigenvalue weighted by Crippen LogP contribution is 2.40. The van der Waals surface area contributed by atoms with Crippen LogP contribution < -0.4 is 10.1 Å². The molecule has 34 heavy (non-hydrogen) atoms. The summed E-state index contributed by atoms with van der Waals surface area (Å²) >= 11 is 0. The van der Waals surface area contributed by atoms with Crippen LogP contribution in [0.4, 0.5) is 8.78 Å². The van der Waals surface area contributed by atoms with Crippen LogP contribution in [-0.4, -0.2) is 49.3 Å². The van der Waals surface area contributed by atoms with Gasteiger partial charge in [0.05, 0.1) is 29.3 Å². The number of fused-ring (bicyclic) bond motifs is 2. The number of pyridine rings is 1. The van der Waals surface area contributed by atoms with Crippen molar-refractivity contribution in [1.82, 2.24) is 29.6 Å². The number of carbonyl (C=O) groups excluding carboxylic acids is 1. The fraction of sp³-hybridized carbons (Fsp3) is 0.417. The summed E-state index contributed by atoms with van der Waals surface area (Å²) in [4.78, 5) is 21.2. The van der Waals surface area contributed by atoms with Crippen molar-refractivity contribution in [2.75, 3.05) is 6.54 Å². The van der Waals surface area contributed by atoms with Gasteiger partial charge in [-0.25, -0.2) is 18.7 Å². The number of nitrogens with one attached hydrogen (secondary N) is 1. The van der Waals surface area contributed by atoms with Gasteiger partial charge in [-0.05, 0) is 38.0 Å². The lowest BCUT2D eigenvalue weighted by Crippen LogP contribution is -2.26. The lowest BCUT2D eigenvalue weighted by atomic mass is 10.0. The molecule has 6 rings (SSSR count). The molecular formula is C24H24F2N6O2. The van der Waals surface area contributed by atoms with Gasteiger partial charge < -0.3 is 14.6 Å². The Morgan fingerprint density at radius 1 is 1.26 bits per heavy atom. The van der Waals surface area contributed by atoms with Crippen molar-refractivity contribution in [2.45, 2.75) is 51.3 Å². The third-order valence-electron chi connectivity index (χ3n) is 6.68. The smallest absolute Gasteiger partial charge is 0.257 e. The van der Waals surface area contributed by atoms with Gasteiger partial charge in [-0.15, -0.1) is 0 Å². The second-order valence-corrected chi connectivity index (χ2v) is 9.15. The molecule has 8 nitrogen and oxygen atoms in total. The minimum absolute atomic E-state index is 0.0380. The highest BCUT2D eigenvalue weighted by Gasteiger charge is 2.31. The molecule has 1 aliphatic carbocycles. The summed E-state index contributed by atoms with van der Waals surface area (Å²) in [6, 6.07) is 7.86. The third kappa shape index (κ3) is 3.76. The summed E-state index contributed by atoms with van der Waals surface area (Å²) in [6.45, 7) is 2.11. The molecule has 1 amide bonds. The lowest BCUT2D eigenvalue weighted by Gasteiger charge is -2.20. The molecule has 3 aromatic heterocycles. The number of nitrogens with zero attached hydrogens (tertiary/aromatic N) is 5. The predicted octanol–water partition coefficient (Wildman–Crippen LogP) is 3.95. The molecule has 2 atom stereocenters. The maximum atomic E-state index is 12.8. The van der Waals surface area contributed by atoms with Crippen LogP contribution in [0.25, 0.3) is 33.2 Å². The topological polar surface area (TPSA) is 86.9 Å². The van der Waals surface area contributed by atoms with Gasteiger partial charge in [0, 0.05) is 35.9 Å². The largest absolute Gasteiger partial charge is 0.473 e. The van der Waals surface area contributed by atoms with E-state index in [0.717, 1.165) is 34.8 Å². The summed E-state index contributed by atoms with van der Waals surface area (Å²) in [5, 5.41) is 7.72. The van der Waals surface area contributed by atoms with E-state index in [1.807, 2.05) is 31.5 Å². The van der Waals surface area contributed by atoms with E-state index in [1.54, 1.807) is 12.3 Å². The summed E-state index contributed by atoms with van der Waals surface area (Å²) in [5.74, 6) is 0.607. The van der Waals surface area contributed by atoms with Gasteiger partial charge in [0.15, 0.2) is 0 Å². The van der Waals surface area contributed by atoms with Crippen molar-refractivity contribution in [1.29, 1.82) is 0 Å². The third-order valence-corrected chi connectivity index (χ3v) is 6.68. The number of alkyl halides is 2. The van der Waals surface area contributed by atoms with Crippen LogP contribution in [-0.2, 0) is 11.3 Å². The summed E-state index contributed by atoms with van der Waals surface area (Å²) < 4.78 is 35.5. The molecule has 2 unspecified atom stereocenters. The van der Waals surface area contributed by atoms with Crippen LogP contribution >= 0.6 is 0 Å². The van der Waals surface area contributed by atoms with Crippen LogP contribution in [0.1, 0.15) is 32.2 Å². The van der Waals surface area contributed by atoms with E-state index in [-0.39, 0.29) is 17.9 Å². The molecule has 4 heterocycles. The van der Waals surface area contributed by atoms with Crippen molar-refractivity contribution in [3.05, 3.63) is 36.8 Å². The van der Waals surface area contributed by atoms with Gasteiger partial charge in [-0.3, -0.25) is 9.48 Å². The maximum absolute atomic E-state index is 12.8. The zero-order chi connectivity index (χ0) is 23.4. The first-order valence-corrected chi connectivity index (χ1v) is 11.5. The van der Waals surface area contributed by atoms with Gasteiger partial charge in [-0.1, -0.05) is 6.07 Å². The Balaban J connectivity index is 1.40. The molecule has 0 bridgehead atoms. The average molecular weight is 466 g/mol. The fourth-order valence-corrected chi connectivity index (χ4v) is 4.64. The zero-order valence-electron chi connectivity index (χ0n) is 18.6. The summed E-state index contributed by atoms with van der Waals surface area (Å²) in [6.07, 6.45) is 3.38. The number of carbonyl (C=O) groups is 1. The summed E-state index contributed by atoms with van der Waals surface area (Å²) in [7, 11) is 0. The Bertz CT molecular complexity index is 1390. The second-order valence-electron chi connectivity index (χ2n) is 9.15. The highest BCUT2D eigenvalue weighted by molar-refractivity contribution is 5.88. The van der Waals surface area contributed by atoms with Gasteiger partial charge >= 0.3 is 0 Å². The number of rotatable bonds is 7. The number of ether oxygens (including phenoxy) is 1. The zero-order valence-corrected chi connectivity index (χ0v) is 18.6. The fourth-order valence-electron chi connectivity index (χ4n) is 4.64. The van der Waals surface area contributed by atoms with Gasteiger partial charge in [-0.2, -0.15) is 5.10 Å². The van der Waals surface area contributed by atoms with E-state index in [4.69, 9.17) is 9.72 Å². The number of halogens is 2. The lowest BCUT2D eigenvalue weighted by molar-refractivity contribution is -0.119. The van der Waals surface area contributed by atoms with Crippen LogP contribution in [0.15, 0.2) is 36.8 Å². The Hall–Kier alpha value is -3.56. The minimum atomic E-state index is -2.47. The summed E-state index contributed by atoms with van der Waals surface area (Å²) in [5.41, 5.74) is 3.79.